The van der Waals surface area contributed by atoms with Gasteiger partial charge in [0.1, 0.15) is 5.82 Å². The van der Waals surface area contributed by atoms with E-state index >= 15 is 0 Å². The summed E-state index contributed by atoms with van der Waals surface area (Å²) in [4.78, 5) is 12.4. The van der Waals surface area contributed by atoms with Crippen molar-refractivity contribution in [3.8, 4) is 0 Å². The van der Waals surface area contributed by atoms with Crippen molar-refractivity contribution in [1.29, 1.82) is 0 Å². The molecule has 0 unspecified atom stereocenters. The molecule has 1 amide bonds. The van der Waals surface area contributed by atoms with Crippen molar-refractivity contribution in [2.45, 2.75) is 11.3 Å². The van der Waals surface area contributed by atoms with Crippen LogP contribution in [0.25, 0.3) is 0 Å². The molecule has 0 aliphatic heterocycles. The van der Waals surface area contributed by atoms with Crippen LogP contribution in [0.4, 0.5) is 10.1 Å². The van der Waals surface area contributed by atoms with Gasteiger partial charge in [0.05, 0.1) is 4.90 Å². The molecule has 3 aromatic carbocycles. The molecule has 0 aliphatic carbocycles. The minimum Gasteiger partial charge on any atom is -0.352 e. The topological polar surface area (TPSA) is 75.3 Å². The number of sulfonamides is 1. The SMILES string of the molecule is O=C(NCCc1ccc(F)cc1)c1ccc(NS(=O)(=O)c2ccccc2)cc1. The lowest BCUT2D eigenvalue weighted by Gasteiger charge is -2.09. The van der Waals surface area contributed by atoms with E-state index in [0.717, 1.165) is 5.56 Å². The number of rotatable bonds is 7. The van der Waals surface area contributed by atoms with Gasteiger partial charge < -0.3 is 5.32 Å². The number of hydrogen-bond donors (Lipinski definition) is 2. The van der Waals surface area contributed by atoms with Gasteiger partial charge in [-0.3, -0.25) is 9.52 Å². The molecule has 0 saturated heterocycles. The summed E-state index contributed by atoms with van der Waals surface area (Å²) < 4.78 is 40.0. The quantitative estimate of drug-likeness (QED) is 0.639. The summed E-state index contributed by atoms with van der Waals surface area (Å²) in [6, 6.07) is 20.3. The Balaban J connectivity index is 1.56. The maximum absolute atomic E-state index is 12.9. The van der Waals surface area contributed by atoms with E-state index in [1.165, 1.54) is 36.4 Å². The molecule has 0 atom stereocenters. The van der Waals surface area contributed by atoms with Crippen molar-refractivity contribution in [1.82, 2.24) is 5.32 Å². The predicted molar refractivity (Wildman–Crippen MR) is 106 cm³/mol. The molecule has 0 radical (unpaired) electrons. The molecule has 3 rings (SSSR count). The second-order valence-electron chi connectivity index (χ2n) is 6.13. The molecule has 0 bridgehead atoms. The summed E-state index contributed by atoms with van der Waals surface area (Å²) in [5.74, 6) is -0.560. The van der Waals surface area contributed by atoms with Crippen molar-refractivity contribution in [2.24, 2.45) is 0 Å². The molecular weight excluding hydrogens is 379 g/mol. The van der Waals surface area contributed by atoms with Gasteiger partial charge in [0.25, 0.3) is 15.9 Å². The largest absolute Gasteiger partial charge is 0.352 e. The normalized spacial score (nSPS) is 11.0. The standard InChI is InChI=1S/C21H19FN2O3S/c22-18-10-6-16(7-11-18)14-15-23-21(25)17-8-12-19(13-9-17)24-28(26,27)20-4-2-1-3-5-20/h1-13,24H,14-15H2,(H,23,25). The first-order valence-corrected chi connectivity index (χ1v) is 10.1. The van der Waals surface area contributed by atoms with Crippen LogP contribution in [-0.4, -0.2) is 20.9 Å². The first-order chi connectivity index (χ1) is 13.4. The van der Waals surface area contributed by atoms with E-state index in [9.17, 15) is 17.6 Å². The molecule has 0 fully saturated rings. The van der Waals surface area contributed by atoms with E-state index in [-0.39, 0.29) is 16.6 Å². The number of halogens is 1. The van der Waals surface area contributed by atoms with Gasteiger partial charge in [0.15, 0.2) is 0 Å². The van der Waals surface area contributed by atoms with Crippen LogP contribution in [0.3, 0.4) is 0 Å². The molecule has 0 aliphatic rings. The Morgan fingerprint density at radius 2 is 1.50 bits per heavy atom. The highest BCUT2D eigenvalue weighted by Gasteiger charge is 2.13. The van der Waals surface area contributed by atoms with Crippen molar-refractivity contribution in [3.05, 3.63) is 95.8 Å². The molecule has 7 heteroatoms. The molecule has 0 saturated carbocycles. The summed E-state index contributed by atoms with van der Waals surface area (Å²) in [5, 5.41) is 2.78. The first-order valence-electron chi connectivity index (χ1n) is 8.65. The van der Waals surface area contributed by atoms with E-state index in [0.29, 0.717) is 24.2 Å². The summed E-state index contributed by atoms with van der Waals surface area (Å²) >= 11 is 0. The van der Waals surface area contributed by atoms with Gasteiger partial charge in [0, 0.05) is 17.8 Å². The van der Waals surface area contributed by atoms with E-state index in [2.05, 4.69) is 10.0 Å². The zero-order valence-electron chi connectivity index (χ0n) is 14.9. The van der Waals surface area contributed by atoms with E-state index in [1.807, 2.05) is 0 Å². The van der Waals surface area contributed by atoms with Crippen LogP contribution >= 0.6 is 0 Å². The van der Waals surface area contributed by atoms with Crippen LogP contribution in [0, 0.1) is 5.82 Å². The van der Waals surface area contributed by atoms with Crippen molar-refractivity contribution >= 4 is 21.6 Å². The van der Waals surface area contributed by atoms with Gasteiger partial charge in [-0.05, 0) is 60.5 Å². The Bertz CT molecular complexity index is 1040. The predicted octanol–water partition coefficient (Wildman–Crippen LogP) is 3.60. The van der Waals surface area contributed by atoms with Gasteiger partial charge in [-0.1, -0.05) is 30.3 Å². The van der Waals surface area contributed by atoms with Crippen LogP contribution in [0.1, 0.15) is 15.9 Å². The van der Waals surface area contributed by atoms with Gasteiger partial charge in [0.2, 0.25) is 0 Å². The number of amides is 1. The summed E-state index contributed by atoms with van der Waals surface area (Å²) in [7, 11) is -3.67. The number of anilines is 1. The molecule has 2 N–H and O–H groups in total. The fraction of sp³-hybridized carbons (Fsp3) is 0.0952. The minimum absolute atomic E-state index is 0.164. The van der Waals surface area contributed by atoms with Crippen LogP contribution < -0.4 is 10.0 Å². The highest BCUT2D eigenvalue weighted by molar-refractivity contribution is 7.92. The maximum Gasteiger partial charge on any atom is 0.261 e. The fourth-order valence-corrected chi connectivity index (χ4v) is 3.66. The monoisotopic (exact) mass is 398 g/mol. The molecule has 0 aromatic heterocycles. The highest BCUT2D eigenvalue weighted by Crippen LogP contribution is 2.16. The zero-order valence-corrected chi connectivity index (χ0v) is 15.7. The highest BCUT2D eigenvalue weighted by atomic mass is 32.2. The second-order valence-corrected chi connectivity index (χ2v) is 7.81. The molecule has 144 valence electrons. The average Bonchev–Trinajstić information content (AvgIpc) is 2.70. The van der Waals surface area contributed by atoms with Gasteiger partial charge in [-0.15, -0.1) is 0 Å². The minimum atomic E-state index is -3.67. The third-order valence-electron chi connectivity index (χ3n) is 4.07. The molecule has 0 spiro atoms. The summed E-state index contributed by atoms with van der Waals surface area (Å²) in [6.45, 7) is 0.410. The Hall–Kier alpha value is -3.19. The maximum atomic E-state index is 12.9. The molecule has 28 heavy (non-hydrogen) atoms. The van der Waals surface area contributed by atoms with Gasteiger partial charge in [-0.2, -0.15) is 0 Å². The van der Waals surface area contributed by atoms with E-state index in [4.69, 9.17) is 0 Å². The lowest BCUT2D eigenvalue weighted by molar-refractivity contribution is 0.0954. The fourth-order valence-electron chi connectivity index (χ4n) is 2.58. The number of hydrogen-bond acceptors (Lipinski definition) is 3. The smallest absolute Gasteiger partial charge is 0.261 e. The van der Waals surface area contributed by atoms with Crippen molar-refractivity contribution < 1.29 is 17.6 Å². The summed E-state index contributed by atoms with van der Waals surface area (Å²) in [6.07, 6.45) is 0.584. The zero-order chi connectivity index (χ0) is 20.0. The third kappa shape index (κ3) is 5.17. The van der Waals surface area contributed by atoms with Crippen molar-refractivity contribution in [2.75, 3.05) is 11.3 Å². The van der Waals surface area contributed by atoms with Gasteiger partial charge >= 0.3 is 0 Å². The van der Waals surface area contributed by atoms with Crippen LogP contribution in [-0.2, 0) is 16.4 Å². The molecule has 0 heterocycles. The lowest BCUT2D eigenvalue weighted by Crippen LogP contribution is -2.25. The molecular formula is C21H19FN2O3S. The molecule has 5 nitrogen and oxygen atoms in total. The third-order valence-corrected chi connectivity index (χ3v) is 5.46. The van der Waals surface area contributed by atoms with Crippen LogP contribution in [0.2, 0.25) is 0 Å². The van der Waals surface area contributed by atoms with Crippen LogP contribution in [0.15, 0.2) is 83.8 Å². The Kier molecular flexibility index (Phi) is 6.06. The Morgan fingerprint density at radius 1 is 0.857 bits per heavy atom. The second kappa shape index (κ2) is 8.67. The number of carbonyl (C=O) groups excluding carboxylic acids is 1. The van der Waals surface area contributed by atoms with E-state index in [1.54, 1.807) is 42.5 Å². The summed E-state index contributed by atoms with van der Waals surface area (Å²) in [5.41, 5.74) is 1.71. The number of nitrogens with one attached hydrogen (secondary N) is 2. The first kappa shape index (κ1) is 19.6. The van der Waals surface area contributed by atoms with Crippen molar-refractivity contribution in [3.63, 3.8) is 0 Å². The lowest BCUT2D eigenvalue weighted by atomic mass is 10.1. The molecule has 3 aromatic rings. The van der Waals surface area contributed by atoms with Gasteiger partial charge in [-0.25, -0.2) is 12.8 Å². The number of carbonyl (C=O) groups is 1. The average molecular weight is 398 g/mol. The Labute approximate surface area is 163 Å². The number of benzene rings is 3. The van der Waals surface area contributed by atoms with Crippen LogP contribution in [0.5, 0.6) is 0 Å². The Morgan fingerprint density at radius 3 is 2.14 bits per heavy atom. The van der Waals surface area contributed by atoms with E-state index < -0.39 is 10.0 Å².